The van der Waals surface area contributed by atoms with Gasteiger partial charge in [-0.25, -0.2) is 8.42 Å². The lowest BCUT2D eigenvalue weighted by Crippen LogP contribution is -2.41. The van der Waals surface area contributed by atoms with Crippen LogP contribution >= 0.6 is 12.4 Å². The molecule has 1 heterocycles. The van der Waals surface area contributed by atoms with E-state index in [0.717, 1.165) is 19.4 Å². The summed E-state index contributed by atoms with van der Waals surface area (Å²) in [5, 5.41) is 3.03. The van der Waals surface area contributed by atoms with E-state index in [4.69, 9.17) is 0 Å². The van der Waals surface area contributed by atoms with Crippen molar-refractivity contribution in [2.75, 3.05) is 25.9 Å². The van der Waals surface area contributed by atoms with Crippen molar-refractivity contribution in [2.24, 2.45) is 0 Å². The Morgan fingerprint density at radius 3 is 2.64 bits per heavy atom. The van der Waals surface area contributed by atoms with Crippen LogP contribution in [0, 0.1) is 0 Å². The third kappa shape index (κ3) is 3.08. The minimum Gasteiger partial charge on any atom is -0.318 e. The van der Waals surface area contributed by atoms with Crippen LogP contribution in [0.2, 0.25) is 0 Å². The lowest BCUT2D eigenvalue weighted by Gasteiger charge is -2.22. The van der Waals surface area contributed by atoms with Crippen molar-refractivity contribution in [3.05, 3.63) is 0 Å². The normalized spacial score (nSPS) is 23.4. The van der Waals surface area contributed by atoms with Crippen molar-refractivity contribution < 1.29 is 8.42 Å². The maximum absolute atomic E-state index is 11.6. The van der Waals surface area contributed by atoms with Gasteiger partial charge in [0.25, 0.3) is 0 Å². The molecular formula is C8H19ClN2O2S. The van der Waals surface area contributed by atoms with E-state index in [1.807, 2.05) is 7.05 Å². The monoisotopic (exact) mass is 242 g/mol. The highest BCUT2D eigenvalue weighted by Gasteiger charge is 2.32. The summed E-state index contributed by atoms with van der Waals surface area (Å²) in [4.78, 5) is 0. The zero-order valence-electron chi connectivity index (χ0n) is 8.69. The molecule has 1 atom stereocenters. The minimum atomic E-state index is -2.98. The molecule has 4 nitrogen and oxygen atoms in total. The second-order valence-electron chi connectivity index (χ2n) is 3.37. The number of hydrogen-bond acceptors (Lipinski definition) is 3. The molecular weight excluding hydrogens is 224 g/mol. The van der Waals surface area contributed by atoms with Gasteiger partial charge in [0.1, 0.15) is 0 Å². The Balaban J connectivity index is 0.00000169. The Morgan fingerprint density at radius 1 is 1.50 bits per heavy atom. The fraction of sp³-hybridized carbons (Fsp3) is 1.00. The van der Waals surface area contributed by atoms with Crippen LogP contribution in [-0.4, -0.2) is 44.7 Å². The van der Waals surface area contributed by atoms with Crippen LogP contribution in [0.3, 0.4) is 0 Å². The topological polar surface area (TPSA) is 49.4 Å². The van der Waals surface area contributed by atoms with Crippen molar-refractivity contribution in [1.82, 2.24) is 9.62 Å². The number of halogens is 1. The predicted molar refractivity (Wildman–Crippen MR) is 60.4 cm³/mol. The van der Waals surface area contributed by atoms with Crippen LogP contribution in [-0.2, 0) is 10.0 Å². The molecule has 0 radical (unpaired) electrons. The Kier molecular flexibility index (Phi) is 5.97. The van der Waals surface area contributed by atoms with Gasteiger partial charge in [0.2, 0.25) is 10.0 Å². The highest BCUT2D eigenvalue weighted by Crippen LogP contribution is 2.20. The first-order valence-corrected chi connectivity index (χ1v) is 6.37. The molecule has 1 unspecified atom stereocenters. The van der Waals surface area contributed by atoms with Gasteiger partial charge in [-0.3, -0.25) is 0 Å². The molecule has 0 saturated carbocycles. The van der Waals surface area contributed by atoms with Gasteiger partial charge in [-0.05, 0) is 26.8 Å². The van der Waals surface area contributed by atoms with Crippen molar-refractivity contribution in [2.45, 2.75) is 25.8 Å². The van der Waals surface area contributed by atoms with Crippen molar-refractivity contribution in [3.63, 3.8) is 0 Å². The Bertz CT molecular complexity index is 256. The maximum atomic E-state index is 11.6. The molecule has 1 aliphatic rings. The largest absolute Gasteiger partial charge is 0.318 e. The van der Waals surface area contributed by atoms with Crippen LogP contribution in [0.5, 0.6) is 0 Å². The number of hydrogen-bond donors (Lipinski definition) is 1. The number of sulfonamides is 1. The zero-order chi connectivity index (χ0) is 9.90. The minimum absolute atomic E-state index is 0. The summed E-state index contributed by atoms with van der Waals surface area (Å²) in [7, 11) is -1.12. The van der Waals surface area contributed by atoms with Gasteiger partial charge in [-0.2, -0.15) is 4.31 Å². The van der Waals surface area contributed by atoms with Crippen molar-refractivity contribution in [1.29, 1.82) is 0 Å². The van der Waals surface area contributed by atoms with Gasteiger partial charge in [-0.15, -0.1) is 12.4 Å². The number of rotatable bonds is 4. The molecule has 86 valence electrons. The van der Waals surface area contributed by atoms with Gasteiger partial charge < -0.3 is 5.32 Å². The van der Waals surface area contributed by atoms with Crippen LogP contribution in [0.4, 0.5) is 0 Å². The second-order valence-corrected chi connectivity index (χ2v) is 5.58. The summed E-state index contributed by atoms with van der Waals surface area (Å²) >= 11 is 0. The molecule has 1 aliphatic heterocycles. The first-order valence-electron chi connectivity index (χ1n) is 4.76. The molecule has 0 aromatic carbocycles. The number of likely N-dealkylation sites (N-methyl/N-ethyl adjacent to an activating group) is 1. The van der Waals surface area contributed by atoms with Gasteiger partial charge in [-0.1, -0.05) is 0 Å². The van der Waals surface area contributed by atoms with E-state index in [2.05, 4.69) is 5.32 Å². The van der Waals surface area contributed by atoms with E-state index in [1.54, 1.807) is 11.2 Å². The van der Waals surface area contributed by atoms with E-state index in [-0.39, 0.29) is 24.2 Å². The fourth-order valence-electron chi connectivity index (χ4n) is 1.78. The van der Waals surface area contributed by atoms with E-state index >= 15 is 0 Å². The summed E-state index contributed by atoms with van der Waals surface area (Å²) in [6, 6.07) is 0.176. The van der Waals surface area contributed by atoms with Gasteiger partial charge in [0.05, 0.1) is 5.75 Å². The average molecular weight is 243 g/mol. The molecule has 0 aromatic heterocycles. The van der Waals surface area contributed by atoms with Crippen molar-refractivity contribution >= 4 is 22.4 Å². The summed E-state index contributed by atoms with van der Waals surface area (Å²) in [6.07, 6.45) is 1.98. The molecule has 14 heavy (non-hydrogen) atoms. The quantitative estimate of drug-likeness (QED) is 0.779. The molecule has 0 spiro atoms. The maximum Gasteiger partial charge on any atom is 0.214 e. The first kappa shape index (κ1) is 14.2. The Labute approximate surface area is 92.5 Å². The van der Waals surface area contributed by atoms with E-state index in [1.165, 1.54) is 0 Å². The third-order valence-corrected chi connectivity index (χ3v) is 4.41. The Hall–Kier alpha value is 0.160. The lowest BCUT2D eigenvalue weighted by atomic mass is 10.2. The van der Waals surface area contributed by atoms with Crippen LogP contribution in [0.1, 0.15) is 19.8 Å². The smallest absolute Gasteiger partial charge is 0.214 e. The average Bonchev–Trinajstić information content (AvgIpc) is 2.54. The SMILES string of the molecule is CCS(=O)(=O)N1CCCC1CNC.Cl. The number of nitrogens with zero attached hydrogens (tertiary/aromatic N) is 1. The molecule has 1 N–H and O–H groups in total. The summed E-state index contributed by atoms with van der Waals surface area (Å²) in [5.74, 6) is 0.215. The van der Waals surface area contributed by atoms with Crippen LogP contribution in [0.25, 0.3) is 0 Å². The van der Waals surface area contributed by atoms with Crippen LogP contribution < -0.4 is 5.32 Å². The molecule has 0 bridgehead atoms. The number of nitrogens with one attached hydrogen (secondary N) is 1. The summed E-state index contributed by atoms with van der Waals surface area (Å²) in [6.45, 7) is 3.16. The zero-order valence-corrected chi connectivity index (χ0v) is 10.3. The van der Waals surface area contributed by atoms with E-state index < -0.39 is 10.0 Å². The molecule has 1 rings (SSSR count). The molecule has 0 amide bonds. The van der Waals surface area contributed by atoms with Gasteiger partial charge >= 0.3 is 0 Å². The Morgan fingerprint density at radius 2 is 2.14 bits per heavy atom. The first-order chi connectivity index (χ1) is 6.11. The van der Waals surface area contributed by atoms with Crippen molar-refractivity contribution in [3.8, 4) is 0 Å². The highest BCUT2D eigenvalue weighted by atomic mass is 35.5. The van der Waals surface area contributed by atoms with Gasteiger partial charge in [0.15, 0.2) is 0 Å². The fourth-order valence-corrected chi connectivity index (χ4v) is 3.15. The third-order valence-electron chi connectivity index (χ3n) is 2.48. The predicted octanol–water partition coefficient (Wildman–Crippen LogP) is 0.442. The molecule has 1 saturated heterocycles. The molecule has 0 aromatic rings. The standard InChI is InChI=1S/C8H18N2O2S.ClH/c1-3-13(11,12)10-6-4-5-8(10)7-9-2;/h8-9H,3-7H2,1-2H3;1H. The molecule has 0 aliphatic carbocycles. The lowest BCUT2D eigenvalue weighted by molar-refractivity contribution is 0.380. The highest BCUT2D eigenvalue weighted by molar-refractivity contribution is 7.89. The molecule has 6 heteroatoms. The van der Waals surface area contributed by atoms with Gasteiger partial charge in [0, 0.05) is 19.1 Å². The summed E-state index contributed by atoms with van der Waals surface area (Å²) in [5.41, 5.74) is 0. The second kappa shape index (κ2) is 5.90. The van der Waals surface area contributed by atoms with E-state index in [9.17, 15) is 8.42 Å². The van der Waals surface area contributed by atoms with E-state index in [0.29, 0.717) is 6.54 Å². The summed E-state index contributed by atoms with van der Waals surface area (Å²) < 4.78 is 24.8. The molecule has 1 fully saturated rings. The van der Waals surface area contributed by atoms with Crippen LogP contribution in [0.15, 0.2) is 0 Å².